The predicted octanol–water partition coefficient (Wildman–Crippen LogP) is 2.18. The molecule has 0 saturated carbocycles. The number of hydrogen-bond donors (Lipinski definition) is 0. The lowest BCUT2D eigenvalue weighted by Crippen LogP contribution is -2.27. The Morgan fingerprint density at radius 3 is 2.93 bits per heavy atom. The molecule has 1 aromatic rings. The standard InChI is InChI=1S/C10H8BrFN2O/c1-14(5-4-13)10(15)8-6-7(12)2-3-9(8)11/h2-3,6H,5H2,1H3. The molecule has 0 fully saturated rings. The maximum absolute atomic E-state index is 12.9. The highest BCUT2D eigenvalue weighted by Gasteiger charge is 2.15. The quantitative estimate of drug-likeness (QED) is 0.774. The number of hydrogen-bond acceptors (Lipinski definition) is 2. The van der Waals surface area contributed by atoms with Gasteiger partial charge in [0.1, 0.15) is 12.4 Å². The summed E-state index contributed by atoms with van der Waals surface area (Å²) >= 11 is 3.15. The molecule has 0 bridgehead atoms. The molecule has 1 amide bonds. The first kappa shape index (κ1) is 11.7. The van der Waals surface area contributed by atoms with Crippen molar-refractivity contribution in [2.24, 2.45) is 0 Å². The van der Waals surface area contributed by atoms with Crippen molar-refractivity contribution in [1.29, 1.82) is 5.26 Å². The van der Waals surface area contributed by atoms with Crippen LogP contribution in [0, 0.1) is 17.1 Å². The molecule has 0 saturated heterocycles. The van der Waals surface area contributed by atoms with Crippen molar-refractivity contribution in [1.82, 2.24) is 4.90 Å². The van der Waals surface area contributed by atoms with E-state index in [4.69, 9.17) is 5.26 Å². The molecule has 3 nitrogen and oxygen atoms in total. The van der Waals surface area contributed by atoms with Crippen LogP contribution in [-0.2, 0) is 0 Å². The Hall–Kier alpha value is -1.41. The Balaban J connectivity index is 3.01. The van der Waals surface area contributed by atoms with Gasteiger partial charge in [-0.15, -0.1) is 0 Å². The molecular formula is C10H8BrFN2O. The molecule has 0 N–H and O–H groups in total. The normalized spacial score (nSPS) is 9.47. The zero-order valence-corrected chi connectivity index (χ0v) is 9.58. The van der Waals surface area contributed by atoms with Gasteiger partial charge >= 0.3 is 0 Å². The summed E-state index contributed by atoms with van der Waals surface area (Å²) in [5, 5.41) is 8.43. The van der Waals surface area contributed by atoms with E-state index in [9.17, 15) is 9.18 Å². The van der Waals surface area contributed by atoms with Gasteiger partial charge in [-0.25, -0.2) is 4.39 Å². The Labute approximate surface area is 95.2 Å². The Kier molecular flexibility index (Phi) is 3.81. The summed E-state index contributed by atoms with van der Waals surface area (Å²) in [6.07, 6.45) is 0. The lowest BCUT2D eigenvalue weighted by atomic mass is 10.2. The number of benzene rings is 1. The second-order valence-corrected chi connectivity index (χ2v) is 3.80. The van der Waals surface area contributed by atoms with Crippen LogP contribution in [0.5, 0.6) is 0 Å². The van der Waals surface area contributed by atoms with E-state index < -0.39 is 5.82 Å². The van der Waals surface area contributed by atoms with E-state index in [1.165, 1.54) is 24.1 Å². The Morgan fingerprint density at radius 2 is 2.33 bits per heavy atom. The van der Waals surface area contributed by atoms with Gasteiger partial charge in [0.25, 0.3) is 5.91 Å². The molecule has 15 heavy (non-hydrogen) atoms. The molecular weight excluding hydrogens is 263 g/mol. The predicted molar refractivity (Wildman–Crippen MR) is 56.7 cm³/mol. The van der Waals surface area contributed by atoms with E-state index in [0.29, 0.717) is 4.47 Å². The molecule has 78 valence electrons. The first-order chi connectivity index (χ1) is 7.06. The molecule has 1 aromatic carbocycles. The summed E-state index contributed by atoms with van der Waals surface area (Å²) in [5.41, 5.74) is 0.216. The highest BCUT2D eigenvalue weighted by molar-refractivity contribution is 9.10. The van der Waals surface area contributed by atoms with Gasteiger partial charge in [0.2, 0.25) is 0 Å². The Bertz CT molecular complexity index is 428. The summed E-state index contributed by atoms with van der Waals surface area (Å²) < 4.78 is 13.4. The topological polar surface area (TPSA) is 44.1 Å². The molecule has 5 heteroatoms. The zero-order chi connectivity index (χ0) is 11.4. The minimum atomic E-state index is -0.480. The number of nitriles is 1. The van der Waals surface area contributed by atoms with Gasteiger partial charge in [-0.3, -0.25) is 4.79 Å². The molecule has 0 aliphatic carbocycles. The number of halogens is 2. The number of carbonyl (C=O) groups is 1. The van der Waals surface area contributed by atoms with Crippen LogP contribution in [0.1, 0.15) is 10.4 Å². The van der Waals surface area contributed by atoms with Crippen LogP contribution in [-0.4, -0.2) is 24.4 Å². The summed E-state index contributed by atoms with van der Waals surface area (Å²) in [5.74, 6) is -0.866. The third-order valence-corrected chi connectivity index (χ3v) is 2.50. The van der Waals surface area contributed by atoms with Gasteiger partial charge in [-0.2, -0.15) is 5.26 Å². The molecule has 0 atom stereocenters. The molecule has 0 spiro atoms. The molecule has 1 rings (SSSR count). The summed E-state index contributed by atoms with van der Waals surface area (Å²) in [4.78, 5) is 12.9. The maximum atomic E-state index is 12.9. The summed E-state index contributed by atoms with van der Waals surface area (Å²) in [6, 6.07) is 5.70. The summed E-state index contributed by atoms with van der Waals surface area (Å²) in [7, 11) is 1.49. The highest BCUT2D eigenvalue weighted by Crippen LogP contribution is 2.19. The van der Waals surface area contributed by atoms with Crippen molar-refractivity contribution < 1.29 is 9.18 Å². The summed E-state index contributed by atoms with van der Waals surface area (Å²) in [6.45, 7) is -0.0260. The molecule has 0 aromatic heterocycles. The fourth-order valence-electron chi connectivity index (χ4n) is 1.04. The van der Waals surface area contributed by atoms with Gasteiger partial charge in [-0.05, 0) is 34.1 Å². The second-order valence-electron chi connectivity index (χ2n) is 2.94. The van der Waals surface area contributed by atoms with Crippen molar-refractivity contribution in [3.05, 3.63) is 34.1 Å². The van der Waals surface area contributed by atoms with E-state index in [1.54, 1.807) is 0 Å². The lowest BCUT2D eigenvalue weighted by molar-refractivity contribution is 0.0810. The van der Waals surface area contributed by atoms with Crippen molar-refractivity contribution in [3.8, 4) is 6.07 Å². The van der Waals surface area contributed by atoms with Crippen LogP contribution in [0.15, 0.2) is 22.7 Å². The average molecular weight is 271 g/mol. The van der Waals surface area contributed by atoms with Crippen LogP contribution in [0.4, 0.5) is 4.39 Å². The number of amides is 1. The van der Waals surface area contributed by atoms with Crippen molar-refractivity contribution in [3.63, 3.8) is 0 Å². The van der Waals surface area contributed by atoms with Crippen LogP contribution in [0.3, 0.4) is 0 Å². The molecule has 0 aliphatic heterocycles. The van der Waals surface area contributed by atoms with E-state index in [-0.39, 0.29) is 18.0 Å². The van der Waals surface area contributed by atoms with Gasteiger partial charge < -0.3 is 4.90 Å². The third-order valence-electron chi connectivity index (χ3n) is 1.81. The van der Waals surface area contributed by atoms with E-state index in [1.807, 2.05) is 6.07 Å². The smallest absolute Gasteiger partial charge is 0.255 e. The van der Waals surface area contributed by atoms with E-state index >= 15 is 0 Å². The van der Waals surface area contributed by atoms with Crippen LogP contribution >= 0.6 is 15.9 Å². The molecule has 0 unspecified atom stereocenters. The zero-order valence-electron chi connectivity index (χ0n) is 8.00. The Morgan fingerprint density at radius 1 is 1.67 bits per heavy atom. The second kappa shape index (κ2) is 4.89. The van der Waals surface area contributed by atoms with Crippen LogP contribution < -0.4 is 0 Å². The number of rotatable bonds is 2. The largest absolute Gasteiger partial charge is 0.328 e. The average Bonchev–Trinajstić information content (AvgIpc) is 2.21. The van der Waals surface area contributed by atoms with Gasteiger partial charge in [0.15, 0.2) is 0 Å². The fourth-order valence-corrected chi connectivity index (χ4v) is 1.46. The highest BCUT2D eigenvalue weighted by atomic mass is 79.9. The van der Waals surface area contributed by atoms with Gasteiger partial charge in [-0.1, -0.05) is 0 Å². The number of nitrogens with zero attached hydrogens (tertiary/aromatic N) is 2. The van der Waals surface area contributed by atoms with Gasteiger partial charge in [0.05, 0.1) is 11.6 Å². The first-order valence-electron chi connectivity index (χ1n) is 4.13. The van der Waals surface area contributed by atoms with Crippen molar-refractivity contribution in [2.75, 3.05) is 13.6 Å². The molecule has 0 aliphatic rings. The van der Waals surface area contributed by atoms with E-state index in [0.717, 1.165) is 6.07 Å². The monoisotopic (exact) mass is 270 g/mol. The van der Waals surface area contributed by atoms with Crippen molar-refractivity contribution in [2.45, 2.75) is 0 Å². The SMILES string of the molecule is CN(CC#N)C(=O)c1cc(F)ccc1Br. The lowest BCUT2D eigenvalue weighted by Gasteiger charge is -2.13. The van der Waals surface area contributed by atoms with Gasteiger partial charge in [0, 0.05) is 11.5 Å². The molecule has 0 radical (unpaired) electrons. The maximum Gasteiger partial charge on any atom is 0.255 e. The van der Waals surface area contributed by atoms with Crippen LogP contribution in [0.2, 0.25) is 0 Å². The first-order valence-corrected chi connectivity index (χ1v) is 4.93. The third kappa shape index (κ3) is 2.77. The number of carbonyl (C=O) groups excluding carboxylic acids is 1. The minimum absolute atomic E-state index is 0.0260. The minimum Gasteiger partial charge on any atom is -0.328 e. The molecule has 0 heterocycles. The van der Waals surface area contributed by atoms with Crippen LogP contribution in [0.25, 0.3) is 0 Å². The fraction of sp³-hybridized carbons (Fsp3) is 0.200. The van der Waals surface area contributed by atoms with E-state index in [2.05, 4.69) is 15.9 Å². The van der Waals surface area contributed by atoms with Crippen molar-refractivity contribution >= 4 is 21.8 Å².